The quantitative estimate of drug-likeness (QED) is 0.427. The number of likely N-dealkylation sites (tertiary alicyclic amines) is 1. The van der Waals surface area contributed by atoms with Crippen molar-refractivity contribution in [3.63, 3.8) is 0 Å². The lowest BCUT2D eigenvalue weighted by Gasteiger charge is -2.31. The maximum atomic E-state index is 14.7. The summed E-state index contributed by atoms with van der Waals surface area (Å²) in [4.78, 5) is 36.4. The highest BCUT2D eigenvalue weighted by Crippen LogP contribution is 2.29. The highest BCUT2D eigenvalue weighted by atomic mass is 19.1. The second-order valence-electron chi connectivity index (χ2n) is 9.67. The van der Waals surface area contributed by atoms with Gasteiger partial charge in [-0.25, -0.2) is 9.37 Å². The molecule has 0 saturated carbocycles. The molecule has 3 aromatic rings. The number of carbonyl (C=O) groups excluding carboxylic acids is 2. The normalized spacial score (nSPS) is 15.8. The maximum Gasteiger partial charge on any atom is 0.257 e. The van der Waals surface area contributed by atoms with E-state index in [2.05, 4.69) is 11.0 Å². The van der Waals surface area contributed by atoms with Crippen molar-refractivity contribution in [2.75, 3.05) is 57.9 Å². The number of carbonyl (C=O) groups is 2. The minimum absolute atomic E-state index is 0.0381. The molecule has 9 heteroatoms. The largest absolute Gasteiger partial charge is 0.497 e. The number of hydrogen-bond acceptors (Lipinski definition) is 6. The van der Waals surface area contributed by atoms with E-state index in [0.717, 1.165) is 41.0 Å². The first kappa shape index (κ1) is 25.9. The Hall–Kier alpha value is -3.72. The Balaban J connectivity index is 1.47. The van der Waals surface area contributed by atoms with Gasteiger partial charge in [-0.15, -0.1) is 0 Å². The van der Waals surface area contributed by atoms with Crippen LogP contribution in [0.4, 0.5) is 10.2 Å². The molecule has 3 heterocycles. The van der Waals surface area contributed by atoms with Crippen LogP contribution in [-0.4, -0.2) is 79.6 Å². The summed E-state index contributed by atoms with van der Waals surface area (Å²) in [7, 11) is 1.63. The number of benzene rings is 2. The monoisotopic (exact) mass is 520 g/mol. The Bertz CT molecular complexity index is 1310. The van der Waals surface area contributed by atoms with Gasteiger partial charge in [-0.1, -0.05) is 12.1 Å². The molecule has 2 fully saturated rings. The van der Waals surface area contributed by atoms with E-state index in [0.29, 0.717) is 52.2 Å². The van der Waals surface area contributed by atoms with Crippen LogP contribution < -0.4 is 9.64 Å². The zero-order valence-electron chi connectivity index (χ0n) is 21.7. The summed E-state index contributed by atoms with van der Waals surface area (Å²) >= 11 is 0. The third kappa shape index (κ3) is 5.72. The zero-order chi connectivity index (χ0) is 26.5. The van der Waals surface area contributed by atoms with Crippen LogP contribution in [0.1, 0.15) is 35.2 Å². The van der Waals surface area contributed by atoms with E-state index in [4.69, 9.17) is 14.5 Å². The Morgan fingerprint density at radius 3 is 2.68 bits per heavy atom. The van der Waals surface area contributed by atoms with Crippen molar-refractivity contribution in [3.8, 4) is 5.75 Å². The number of morpholine rings is 1. The van der Waals surface area contributed by atoms with Gasteiger partial charge in [0.05, 0.1) is 31.4 Å². The van der Waals surface area contributed by atoms with Crippen molar-refractivity contribution in [1.29, 1.82) is 0 Å². The molecule has 0 radical (unpaired) electrons. The molecule has 2 aliphatic heterocycles. The minimum Gasteiger partial charge on any atom is -0.497 e. The molecule has 0 spiro atoms. The molecule has 2 aliphatic rings. The molecule has 0 bridgehead atoms. The molecule has 8 nitrogen and oxygen atoms in total. The number of amides is 2. The van der Waals surface area contributed by atoms with E-state index in [9.17, 15) is 14.0 Å². The summed E-state index contributed by atoms with van der Waals surface area (Å²) in [6, 6.07) is 13.9. The summed E-state index contributed by atoms with van der Waals surface area (Å²) in [5.74, 6) is 0.738. The van der Waals surface area contributed by atoms with Gasteiger partial charge in [-0.2, -0.15) is 0 Å². The number of anilines is 1. The molecular formula is C29H33FN4O4. The fourth-order valence-electron chi connectivity index (χ4n) is 5.13. The molecule has 0 N–H and O–H groups in total. The van der Waals surface area contributed by atoms with Gasteiger partial charge in [0.2, 0.25) is 5.91 Å². The summed E-state index contributed by atoms with van der Waals surface area (Å²) in [5.41, 5.74) is 1.72. The van der Waals surface area contributed by atoms with Crippen LogP contribution in [0.3, 0.4) is 0 Å². The van der Waals surface area contributed by atoms with Gasteiger partial charge in [-0.3, -0.25) is 9.59 Å². The molecule has 1 aromatic heterocycles. The Kier molecular flexibility index (Phi) is 8.03. The fraction of sp³-hybridized carbons (Fsp3) is 0.414. The van der Waals surface area contributed by atoms with Gasteiger partial charge in [-0.05, 0) is 43.2 Å². The third-order valence-electron chi connectivity index (χ3n) is 7.17. The number of rotatable bonds is 9. The number of pyridine rings is 1. The molecule has 200 valence electrons. The van der Waals surface area contributed by atoms with Crippen LogP contribution in [0.25, 0.3) is 10.9 Å². The maximum absolute atomic E-state index is 14.7. The van der Waals surface area contributed by atoms with Crippen LogP contribution >= 0.6 is 0 Å². The summed E-state index contributed by atoms with van der Waals surface area (Å²) < 4.78 is 25.6. The van der Waals surface area contributed by atoms with E-state index < -0.39 is 5.82 Å². The third-order valence-corrected chi connectivity index (χ3v) is 7.17. The summed E-state index contributed by atoms with van der Waals surface area (Å²) in [6.45, 7) is 4.55. The first-order valence-corrected chi connectivity index (χ1v) is 13.2. The molecule has 2 saturated heterocycles. The predicted octanol–water partition coefficient (Wildman–Crippen LogP) is 3.87. The Morgan fingerprint density at radius 1 is 1.13 bits per heavy atom. The Labute approximate surface area is 221 Å². The average Bonchev–Trinajstić information content (AvgIpc) is 3.36. The number of aromatic nitrogens is 1. The van der Waals surface area contributed by atoms with E-state index >= 15 is 0 Å². The number of nitrogens with zero attached hydrogens (tertiary/aromatic N) is 4. The second kappa shape index (κ2) is 11.8. The van der Waals surface area contributed by atoms with Crippen LogP contribution in [0, 0.1) is 5.82 Å². The van der Waals surface area contributed by atoms with Crippen molar-refractivity contribution in [3.05, 3.63) is 65.5 Å². The highest BCUT2D eigenvalue weighted by Gasteiger charge is 2.25. The molecule has 38 heavy (non-hydrogen) atoms. The van der Waals surface area contributed by atoms with Gasteiger partial charge in [0.1, 0.15) is 17.4 Å². The first-order valence-electron chi connectivity index (χ1n) is 13.2. The number of halogens is 1. The van der Waals surface area contributed by atoms with Crippen molar-refractivity contribution < 1.29 is 23.5 Å². The molecule has 2 amide bonds. The first-order chi connectivity index (χ1) is 18.5. The van der Waals surface area contributed by atoms with Gasteiger partial charge in [0.15, 0.2) is 0 Å². The average molecular weight is 521 g/mol. The number of methoxy groups -OCH3 is 1. The van der Waals surface area contributed by atoms with E-state index in [-0.39, 0.29) is 23.9 Å². The molecule has 5 rings (SSSR count). The van der Waals surface area contributed by atoms with Crippen molar-refractivity contribution in [2.24, 2.45) is 0 Å². The molecule has 0 aliphatic carbocycles. The molecule has 0 atom stereocenters. The van der Waals surface area contributed by atoms with Crippen molar-refractivity contribution in [1.82, 2.24) is 14.8 Å². The van der Waals surface area contributed by atoms with Gasteiger partial charge < -0.3 is 24.2 Å². The number of ether oxygens (including phenoxy) is 2. The zero-order valence-corrected chi connectivity index (χ0v) is 21.7. The van der Waals surface area contributed by atoms with Crippen molar-refractivity contribution >= 4 is 28.5 Å². The number of hydrogen-bond donors (Lipinski definition) is 0. The highest BCUT2D eigenvalue weighted by molar-refractivity contribution is 5.94. The lowest BCUT2D eigenvalue weighted by Crippen LogP contribution is -2.39. The standard InChI is InChI=1S/C29H33FN4O4/c1-37-23-10-9-21-18-22(28(31-26(21)19-23)33-14-16-38-17-15-33)20-34(13-5-12-32-11-4-8-27(32)35)29(36)24-6-2-3-7-25(24)30/h2-3,6-7,9-10,18-19H,4-5,8,11-17,20H2,1H3. The van der Waals surface area contributed by atoms with Crippen LogP contribution in [0.2, 0.25) is 0 Å². The van der Waals surface area contributed by atoms with Crippen LogP contribution in [-0.2, 0) is 16.1 Å². The van der Waals surface area contributed by atoms with Gasteiger partial charge >= 0.3 is 0 Å². The molecule has 2 aromatic carbocycles. The lowest BCUT2D eigenvalue weighted by atomic mass is 10.1. The van der Waals surface area contributed by atoms with Gasteiger partial charge in [0.25, 0.3) is 5.91 Å². The van der Waals surface area contributed by atoms with Crippen LogP contribution in [0.15, 0.2) is 48.5 Å². The summed E-state index contributed by atoms with van der Waals surface area (Å²) in [6.07, 6.45) is 2.05. The van der Waals surface area contributed by atoms with E-state index in [1.165, 1.54) is 12.1 Å². The van der Waals surface area contributed by atoms with E-state index in [1.807, 2.05) is 23.1 Å². The van der Waals surface area contributed by atoms with Crippen molar-refractivity contribution in [2.45, 2.75) is 25.8 Å². The fourth-order valence-corrected chi connectivity index (χ4v) is 5.13. The smallest absolute Gasteiger partial charge is 0.257 e. The van der Waals surface area contributed by atoms with Gasteiger partial charge in [0, 0.05) is 62.7 Å². The minimum atomic E-state index is -0.547. The molecule has 0 unspecified atom stereocenters. The molecular weight excluding hydrogens is 487 g/mol. The van der Waals surface area contributed by atoms with Crippen LogP contribution in [0.5, 0.6) is 5.75 Å². The Morgan fingerprint density at radius 2 is 1.95 bits per heavy atom. The van der Waals surface area contributed by atoms with E-state index in [1.54, 1.807) is 24.1 Å². The summed E-state index contributed by atoms with van der Waals surface area (Å²) in [5, 5.41) is 0.929. The SMILES string of the molecule is COc1ccc2cc(CN(CCCN3CCCC3=O)C(=O)c3ccccc3F)c(N3CCOCC3)nc2c1. The number of fused-ring (bicyclic) bond motifs is 1. The predicted molar refractivity (Wildman–Crippen MR) is 143 cm³/mol. The lowest BCUT2D eigenvalue weighted by molar-refractivity contribution is -0.127. The second-order valence-corrected chi connectivity index (χ2v) is 9.67. The topological polar surface area (TPSA) is 75.2 Å².